The molecule has 0 aliphatic carbocycles. The number of alkyl carbamates (subject to hydrolysis) is 1. The molecule has 1 N–H and O–H groups in total. The molecule has 0 aromatic heterocycles. The summed E-state index contributed by atoms with van der Waals surface area (Å²) in [7, 11) is -0.971. The Labute approximate surface area is 228 Å². The summed E-state index contributed by atoms with van der Waals surface area (Å²) in [6, 6.07) is 14.0. The highest BCUT2D eigenvalue weighted by molar-refractivity contribution is 7.84. The number of ether oxygens (including phenoxy) is 1. The predicted molar refractivity (Wildman–Crippen MR) is 150 cm³/mol. The van der Waals surface area contributed by atoms with Crippen LogP contribution in [0.2, 0.25) is 10.0 Å². The van der Waals surface area contributed by atoms with E-state index in [0.717, 1.165) is 55.8 Å². The first-order valence-electron chi connectivity index (χ1n) is 12.6. The lowest BCUT2D eigenvalue weighted by Gasteiger charge is -2.33. The summed E-state index contributed by atoms with van der Waals surface area (Å²) in [5, 5.41) is 3.97. The van der Waals surface area contributed by atoms with Crippen molar-refractivity contribution < 1.29 is 13.7 Å². The molecule has 0 radical (unpaired) electrons. The Morgan fingerprint density at radius 2 is 1.81 bits per heavy atom. The third kappa shape index (κ3) is 8.76. The molecule has 1 aliphatic heterocycles. The van der Waals surface area contributed by atoms with Crippen LogP contribution in [0.25, 0.3) is 0 Å². The maximum Gasteiger partial charge on any atom is 0.407 e. The molecule has 36 heavy (non-hydrogen) atoms. The Kier molecular flexibility index (Phi) is 10.7. The van der Waals surface area contributed by atoms with Crippen LogP contribution < -0.4 is 5.32 Å². The number of carbonyl (C=O) groups excluding carboxylic acids is 1. The molecule has 8 heteroatoms. The number of rotatable bonds is 9. The fraction of sp³-hybridized carbons (Fsp3) is 0.536. The van der Waals surface area contributed by atoms with E-state index in [9.17, 15) is 9.00 Å². The fourth-order valence-electron chi connectivity index (χ4n) is 4.79. The number of benzene rings is 2. The van der Waals surface area contributed by atoms with E-state index in [1.165, 1.54) is 5.56 Å². The molecule has 2 aromatic carbocycles. The molecule has 1 heterocycles. The van der Waals surface area contributed by atoms with Gasteiger partial charge >= 0.3 is 6.09 Å². The number of nitrogens with one attached hydrogen (secondary N) is 1. The molecule has 198 valence electrons. The van der Waals surface area contributed by atoms with E-state index in [1.54, 1.807) is 6.26 Å². The smallest absolute Gasteiger partial charge is 0.407 e. The topological polar surface area (TPSA) is 58.6 Å². The van der Waals surface area contributed by atoms with E-state index >= 15 is 0 Å². The minimum Gasteiger partial charge on any atom is -0.444 e. The number of nitrogens with zero attached hydrogens (tertiary/aromatic N) is 1. The van der Waals surface area contributed by atoms with Crippen molar-refractivity contribution in [3.63, 3.8) is 0 Å². The Morgan fingerprint density at radius 1 is 1.11 bits per heavy atom. The monoisotopic (exact) mass is 552 g/mol. The summed E-state index contributed by atoms with van der Waals surface area (Å²) >= 11 is 12.5. The Bertz CT molecular complexity index is 1050. The summed E-state index contributed by atoms with van der Waals surface area (Å²) in [6.07, 6.45) is 5.22. The third-order valence-electron chi connectivity index (χ3n) is 6.63. The average molecular weight is 554 g/mol. The summed E-state index contributed by atoms with van der Waals surface area (Å²) in [4.78, 5) is 15.6. The van der Waals surface area contributed by atoms with Gasteiger partial charge in [-0.05, 0) is 107 Å². The first-order valence-corrected chi connectivity index (χ1v) is 14.9. The van der Waals surface area contributed by atoms with Gasteiger partial charge in [0.2, 0.25) is 0 Å². The number of likely N-dealkylation sites (tertiary alicyclic amines) is 1. The predicted octanol–water partition coefficient (Wildman–Crippen LogP) is 7.00. The molecule has 2 atom stereocenters. The molecule has 0 spiro atoms. The lowest BCUT2D eigenvalue weighted by Crippen LogP contribution is -2.35. The maximum absolute atomic E-state index is 12.2. The second-order valence-electron chi connectivity index (χ2n) is 10.5. The quantitative estimate of drug-likeness (QED) is 0.363. The number of piperidine rings is 1. The number of hydrogen-bond acceptors (Lipinski definition) is 4. The molecular weight excluding hydrogens is 515 g/mol. The molecule has 5 nitrogen and oxygen atoms in total. The molecule has 0 unspecified atom stereocenters. The Morgan fingerprint density at radius 3 is 2.44 bits per heavy atom. The van der Waals surface area contributed by atoms with Crippen LogP contribution in [0, 0.1) is 0 Å². The van der Waals surface area contributed by atoms with Crippen LogP contribution >= 0.6 is 23.2 Å². The van der Waals surface area contributed by atoms with E-state index in [2.05, 4.69) is 16.3 Å². The minimum absolute atomic E-state index is 0.232. The van der Waals surface area contributed by atoms with Crippen molar-refractivity contribution in [1.82, 2.24) is 10.2 Å². The maximum atomic E-state index is 12.2. The summed E-state index contributed by atoms with van der Waals surface area (Å²) in [5.41, 5.74) is 1.84. The van der Waals surface area contributed by atoms with Crippen molar-refractivity contribution in [1.29, 1.82) is 0 Å². The second-order valence-corrected chi connectivity index (χ2v) is 12.6. The van der Waals surface area contributed by atoms with Gasteiger partial charge in [-0.15, -0.1) is 0 Å². The van der Waals surface area contributed by atoms with E-state index in [0.29, 0.717) is 22.5 Å². The first-order chi connectivity index (χ1) is 17.0. The first kappa shape index (κ1) is 29.0. The molecule has 1 saturated heterocycles. The zero-order valence-corrected chi connectivity index (χ0v) is 24.0. The SMILES string of the molecule is C[S@](=O)c1ccccc1C1CCN(CC[C@H](CCNC(=O)OC(C)(C)C)c2ccc(Cl)c(Cl)c2)CC1. The second kappa shape index (κ2) is 13.3. The zero-order chi connectivity index (χ0) is 26.3. The lowest BCUT2D eigenvalue weighted by atomic mass is 9.88. The van der Waals surface area contributed by atoms with Crippen LogP contribution in [-0.4, -0.2) is 53.2 Å². The molecule has 1 amide bonds. The highest BCUT2D eigenvalue weighted by atomic mass is 35.5. The van der Waals surface area contributed by atoms with Crippen molar-refractivity contribution >= 4 is 40.1 Å². The van der Waals surface area contributed by atoms with E-state index in [1.807, 2.05) is 57.2 Å². The van der Waals surface area contributed by atoms with Crippen LogP contribution in [0.5, 0.6) is 0 Å². The number of amides is 1. The van der Waals surface area contributed by atoms with Crippen molar-refractivity contribution in [2.45, 2.75) is 68.8 Å². The Hall–Kier alpha value is -1.60. The zero-order valence-electron chi connectivity index (χ0n) is 21.7. The van der Waals surface area contributed by atoms with E-state index < -0.39 is 22.5 Å². The summed E-state index contributed by atoms with van der Waals surface area (Å²) < 4.78 is 17.5. The van der Waals surface area contributed by atoms with Crippen LogP contribution in [-0.2, 0) is 15.5 Å². The van der Waals surface area contributed by atoms with Gasteiger partial charge in [-0.2, -0.15) is 0 Å². The summed E-state index contributed by atoms with van der Waals surface area (Å²) in [6.45, 7) is 9.08. The summed E-state index contributed by atoms with van der Waals surface area (Å²) in [5.74, 6) is 0.681. The van der Waals surface area contributed by atoms with Crippen LogP contribution in [0.1, 0.15) is 69.4 Å². The average Bonchev–Trinajstić information content (AvgIpc) is 2.82. The Balaban J connectivity index is 1.58. The highest BCUT2D eigenvalue weighted by Gasteiger charge is 2.24. The lowest BCUT2D eigenvalue weighted by molar-refractivity contribution is 0.0526. The molecule has 0 saturated carbocycles. The molecule has 3 rings (SSSR count). The van der Waals surface area contributed by atoms with E-state index in [-0.39, 0.29) is 5.92 Å². The van der Waals surface area contributed by atoms with E-state index in [4.69, 9.17) is 27.9 Å². The van der Waals surface area contributed by atoms with Gasteiger partial charge in [0.1, 0.15) is 5.60 Å². The van der Waals surface area contributed by atoms with Crippen molar-refractivity contribution in [3.8, 4) is 0 Å². The molecule has 1 fully saturated rings. The van der Waals surface area contributed by atoms with Crippen LogP contribution in [0.3, 0.4) is 0 Å². The van der Waals surface area contributed by atoms with Crippen molar-refractivity contribution in [2.75, 3.05) is 32.4 Å². The highest BCUT2D eigenvalue weighted by Crippen LogP contribution is 2.33. The van der Waals surface area contributed by atoms with Crippen LogP contribution in [0.4, 0.5) is 4.79 Å². The van der Waals surface area contributed by atoms with Gasteiger partial charge in [0, 0.05) is 17.7 Å². The van der Waals surface area contributed by atoms with Crippen molar-refractivity contribution in [2.24, 2.45) is 0 Å². The van der Waals surface area contributed by atoms with Gasteiger partial charge in [0.05, 0.1) is 20.8 Å². The molecule has 0 bridgehead atoms. The number of carbonyl (C=O) groups is 1. The van der Waals surface area contributed by atoms with Gasteiger partial charge in [-0.25, -0.2) is 4.79 Å². The van der Waals surface area contributed by atoms with Crippen molar-refractivity contribution in [3.05, 3.63) is 63.6 Å². The minimum atomic E-state index is -0.971. The van der Waals surface area contributed by atoms with Gasteiger partial charge in [0.15, 0.2) is 0 Å². The molecular formula is C28H38Cl2N2O3S. The fourth-order valence-corrected chi connectivity index (χ4v) is 5.94. The van der Waals surface area contributed by atoms with Gasteiger partial charge < -0.3 is 15.0 Å². The normalized spacial score (nSPS) is 16.9. The largest absolute Gasteiger partial charge is 0.444 e. The van der Waals surface area contributed by atoms with Crippen LogP contribution in [0.15, 0.2) is 47.4 Å². The van der Waals surface area contributed by atoms with Gasteiger partial charge in [-0.1, -0.05) is 47.5 Å². The van der Waals surface area contributed by atoms with Gasteiger partial charge in [0.25, 0.3) is 0 Å². The van der Waals surface area contributed by atoms with Gasteiger partial charge in [-0.3, -0.25) is 4.21 Å². The molecule has 1 aliphatic rings. The number of hydrogen-bond donors (Lipinski definition) is 1. The third-order valence-corrected chi connectivity index (χ3v) is 8.36. The number of halogens is 2. The standard InChI is InChI=1S/C28H38Cl2N2O3S/c1-28(2,3)35-27(33)31-15-11-20(22-9-10-24(29)25(30)19-22)12-16-32-17-13-21(14-18-32)23-7-5-6-8-26(23)36(4)34/h5-10,19-21H,11-18H2,1-4H3,(H,31,33)/t20-,36-/m0/s1. The molecule has 2 aromatic rings.